The summed E-state index contributed by atoms with van der Waals surface area (Å²) in [5.41, 5.74) is 0.996. The fourth-order valence-electron chi connectivity index (χ4n) is 2.00. The molecule has 0 aromatic carbocycles. The molecule has 0 aliphatic carbocycles. The molecule has 1 aromatic heterocycles. The van der Waals surface area contributed by atoms with Gasteiger partial charge in [-0.1, -0.05) is 6.92 Å². The minimum Gasteiger partial charge on any atom is -0.370 e. The van der Waals surface area contributed by atoms with Crippen molar-refractivity contribution in [2.45, 2.75) is 20.8 Å². The van der Waals surface area contributed by atoms with E-state index in [1.54, 1.807) is 13.4 Å². The molecule has 1 aromatic rings. The van der Waals surface area contributed by atoms with E-state index in [0.29, 0.717) is 6.54 Å². The molecule has 0 fully saturated rings. The largest absolute Gasteiger partial charge is 0.370 e. The standard InChI is InChI=1S/C13H23N5O/c1-6-15-11-10(3)12(17-8-16-11)18(5)7-9(2)13(19)14-4/h8-9H,6-7H2,1-5H3,(H,14,19)(H,15,16,17). The molecular weight excluding hydrogens is 242 g/mol. The van der Waals surface area contributed by atoms with Crippen molar-refractivity contribution >= 4 is 17.5 Å². The minimum absolute atomic E-state index is 0.0328. The number of nitrogens with one attached hydrogen (secondary N) is 2. The Balaban J connectivity index is 2.85. The Morgan fingerprint density at radius 1 is 1.47 bits per heavy atom. The molecule has 0 saturated carbocycles. The van der Waals surface area contributed by atoms with Gasteiger partial charge in [-0.15, -0.1) is 0 Å². The second-order valence-corrected chi connectivity index (χ2v) is 4.60. The summed E-state index contributed by atoms with van der Waals surface area (Å²) in [7, 11) is 3.59. The van der Waals surface area contributed by atoms with Crippen molar-refractivity contribution < 1.29 is 4.79 Å². The predicted octanol–water partition coefficient (Wildman–Crippen LogP) is 1.04. The van der Waals surface area contributed by atoms with E-state index >= 15 is 0 Å². The van der Waals surface area contributed by atoms with E-state index in [1.165, 1.54) is 0 Å². The quantitative estimate of drug-likeness (QED) is 0.804. The van der Waals surface area contributed by atoms with E-state index in [1.807, 2.05) is 32.7 Å². The topological polar surface area (TPSA) is 70.2 Å². The van der Waals surface area contributed by atoms with Crippen LogP contribution in [0.4, 0.5) is 11.6 Å². The zero-order chi connectivity index (χ0) is 14.4. The number of anilines is 2. The van der Waals surface area contributed by atoms with Crippen LogP contribution in [0.5, 0.6) is 0 Å². The monoisotopic (exact) mass is 265 g/mol. The Hall–Kier alpha value is -1.85. The van der Waals surface area contributed by atoms with Crippen molar-refractivity contribution in [2.24, 2.45) is 5.92 Å². The molecule has 0 aliphatic rings. The lowest BCUT2D eigenvalue weighted by Crippen LogP contribution is -2.35. The van der Waals surface area contributed by atoms with Crippen LogP contribution in [0.3, 0.4) is 0 Å². The molecule has 0 saturated heterocycles. The zero-order valence-corrected chi connectivity index (χ0v) is 12.3. The maximum Gasteiger partial charge on any atom is 0.224 e. The normalized spacial score (nSPS) is 11.8. The maximum absolute atomic E-state index is 11.6. The molecule has 0 bridgehead atoms. The smallest absolute Gasteiger partial charge is 0.224 e. The second-order valence-electron chi connectivity index (χ2n) is 4.60. The van der Waals surface area contributed by atoms with Crippen LogP contribution < -0.4 is 15.5 Å². The number of nitrogens with zero attached hydrogens (tertiary/aromatic N) is 3. The summed E-state index contributed by atoms with van der Waals surface area (Å²) in [6, 6.07) is 0. The molecule has 1 heterocycles. The van der Waals surface area contributed by atoms with E-state index in [0.717, 1.165) is 23.7 Å². The third-order valence-electron chi connectivity index (χ3n) is 3.00. The average molecular weight is 265 g/mol. The van der Waals surface area contributed by atoms with Gasteiger partial charge >= 0.3 is 0 Å². The van der Waals surface area contributed by atoms with E-state index < -0.39 is 0 Å². The first-order chi connectivity index (χ1) is 9.01. The predicted molar refractivity (Wildman–Crippen MR) is 77.4 cm³/mol. The summed E-state index contributed by atoms with van der Waals surface area (Å²) in [4.78, 5) is 22.0. The van der Waals surface area contributed by atoms with Crippen LogP contribution in [-0.4, -0.2) is 43.1 Å². The number of aromatic nitrogens is 2. The fourth-order valence-corrected chi connectivity index (χ4v) is 2.00. The van der Waals surface area contributed by atoms with Crippen LogP contribution in [-0.2, 0) is 4.79 Å². The highest BCUT2D eigenvalue weighted by atomic mass is 16.1. The number of carbonyl (C=O) groups is 1. The molecule has 0 radical (unpaired) electrons. The molecule has 0 spiro atoms. The van der Waals surface area contributed by atoms with Gasteiger partial charge in [-0.3, -0.25) is 4.79 Å². The molecule has 106 valence electrons. The molecule has 6 nitrogen and oxygen atoms in total. The Labute approximate surface area is 114 Å². The molecular formula is C13H23N5O. The Morgan fingerprint density at radius 2 is 2.16 bits per heavy atom. The van der Waals surface area contributed by atoms with E-state index in [2.05, 4.69) is 20.6 Å². The van der Waals surface area contributed by atoms with Gasteiger partial charge in [0.1, 0.15) is 18.0 Å². The summed E-state index contributed by atoms with van der Waals surface area (Å²) < 4.78 is 0. The highest BCUT2D eigenvalue weighted by molar-refractivity contribution is 5.78. The maximum atomic E-state index is 11.6. The van der Waals surface area contributed by atoms with Gasteiger partial charge in [0.05, 0.1) is 5.92 Å². The third kappa shape index (κ3) is 3.81. The van der Waals surface area contributed by atoms with E-state index in [9.17, 15) is 4.79 Å². The molecule has 1 rings (SSSR count). The van der Waals surface area contributed by atoms with Gasteiger partial charge in [-0.05, 0) is 13.8 Å². The van der Waals surface area contributed by atoms with Gasteiger partial charge in [0.15, 0.2) is 0 Å². The molecule has 1 atom stereocenters. The minimum atomic E-state index is -0.0908. The van der Waals surface area contributed by atoms with E-state index in [-0.39, 0.29) is 11.8 Å². The number of hydrogen-bond donors (Lipinski definition) is 2. The van der Waals surface area contributed by atoms with Crippen molar-refractivity contribution in [1.82, 2.24) is 15.3 Å². The Morgan fingerprint density at radius 3 is 2.74 bits per heavy atom. The molecule has 19 heavy (non-hydrogen) atoms. The first kappa shape index (κ1) is 15.2. The molecule has 6 heteroatoms. The molecule has 1 unspecified atom stereocenters. The van der Waals surface area contributed by atoms with Crippen molar-refractivity contribution in [3.05, 3.63) is 11.9 Å². The van der Waals surface area contributed by atoms with Crippen LogP contribution in [0.25, 0.3) is 0 Å². The first-order valence-corrected chi connectivity index (χ1v) is 6.49. The summed E-state index contributed by atoms with van der Waals surface area (Å²) in [5.74, 6) is 1.63. The van der Waals surface area contributed by atoms with E-state index in [4.69, 9.17) is 0 Å². The molecule has 0 aliphatic heterocycles. The Bertz CT molecular complexity index is 435. The van der Waals surface area contributed by atoms with Gasteiger partial charge in [0.2, 0.25) is 5.91 Å². The van der Waals surface area contributed by atoms with Crippen molar-refractivity contribution in [3.8, 4) is 0 Å². The van der Waals surface area contributed by atoms with Gasteiger partial charge in [-0.25, -0.2) is 9.97 Å². The van der Waals surface area contributed by atoms with Crippen LogP contribution >= 0.6 is 0 Å². The van der Waals surface area contributed by atoms with Gasteiger partial charge in [0, 0.05) is 32.7 Å². The SMILES string of the molecule is CCNc1ncnc(N(C)CC(C)C(=O)NC)c1C. The summed E-state index contributed by atoms with van der Waals surface area (Å²) in [6.07, 6.45) is 1.54. The number of carbonyl (C=O) groups excluding carboxylic acids is 1. The summed E-state index contributed by atoms with van der Waals surface area (Å²) in [6.45, 7) is 7.34. The fraction of sp³-hybridized carbons (Fsp3) is 0.615. The average Bonchev–Trinajstić information content (AvgIpc) is 2.40. The van der Waals surface area contributed by atoms with Gasteiger partial charge in [-0.2, -0.15) is 0 Å². The second kappa shape index (κ2) is 6.92. The Kier molecular flexibility index (Phi) is 5.54. The van der Waals surface area contributed by atoms with Crippen LogP contribution in [0, 0.1) is 12.8 Å². The lowest BCUT2D eigenvalue weighted by Gasteiger charge is -2.23. The number of amides is 1. The van der Waals surface area contributed by atoms with Gasteiger partial charge in [0.25, 0.3) is 0 Å². The van der Waals surface area contributed by atoms with Crippen LogP contribution in [0.15, 0.2) is 6.33 Å². The first-order valence-electron chi connectivity index (χ1n) is 6.49. The third-order valence-corrected chi connectivity index (χ3v) is 3.00. The summed E-state index contributed by atoms with van der Waals surface area (Å²) >= 11 is 0. The zero-order valence-electron chi connectivity index (χ0n) is 12.3. The lowest BCUT2D eigenvalue weighted by molar-refractivity contribution is -0.123. The highest BCUT2D eigenvalue weighted by Crippen LogP contribution is 2.21. The highest BCUT2D eigenvalue weighted by Gasteiger charge is 2.17. The van der Waals surface area contributed by atoms with Crippen molar-refractivity contribution in [1.29, 1.82) is 0 Å². The summed E-state index contributed by atoms with van der Waals surface area (Å²) in [5, 5.41) is 5.86. The van der Waals surface area contributed by atoms with Crippen molar-refractivity contribution in [3.63, 3.8) is 0 Å². The van der Waals surface area contributed by atoms with Crippen LogP contribution in [0.2, 0.25) is 0 Å². The molecule has 1 amide bonds. The van der Waals surface area contributed by atoms with Crippen LogP contribution in [0.1, 0.15) is 19.4 Å². The lowest BCUT2D eigenvalue weighted by atomic mass is 10.1. The van der Waals surface area contributed by atoms with Gasteiger partial charge < -0.3 is 15.5 Å². The van der Waals surface area contributed by atoms with Crippen molar-refractivity contribution in [2.75, 3.05) is 37.4 Å². The molecule has 2 N–H and O–H groups in total. The number of hydrogen-bond acceptors (Lipinski definition) is 5. The number of rotatable bonds is 6.